The number of imide groups is 1. The lowest BCUT2D eigenvalue weighted by molar-refractivity contribution is -0.791. The Morgan fingerprint density at radius 2 is 1.63 bits per heavy atom. The summed E-state index contributed by atoms with van der Waals surface area (Å²) in [5, 5.41) is 12.4. The minimum absolute atomic E-state index is 0.0179. The van der Waals surface area contributed by atoms with Gasteiger partial charge in [-0.15, -0.1) is 0 Å². The van der Waals surface area contributed by atoms with Crippen molar-refractivity contribution < 1.29 is 37.8 Å². The molecule has 1 fully saturated rings. The number of benzene rings is 2. The highest BCUT2D eigenvalue weighted by Crippen LogP contribution is 2.52. The van der Waals surface area contributed by atoms with Crippen LogP contribution in [0, 0.1) is 0 Å². The van der Waals surface area contributed by atoms with Crippen LogP contribution in [0.5, 0.6) is 0 Å². The summed E-state index contributed by atoms with van der Waals surface area (Å²) in [6, 6.07) is 17.6. The molecular weight excluding hydrogens is 471 g/mol. The fourth-order valence-corrected chi connectivity index (χ4v) is 6.13. The second-order valence-electron chi connectivity index (χ2n) is 8.79. The molecular formula is C25H32N2O7P+. The number of carbonyl (C=O) groups excluding carboxylic acids is 2. The zero-order valence-corrected chi connectivity index (χ0v) is 20.9. The van der Waals surface area contributed by atoms with Crippen LogP contribution in [-0.4, -0.2) is 52.2 Å². The maximum Gasteiger partial charge on any atom is 0.521 e. The summed E-state index contributed by atoms with van der Waals surface area (Å²) in [5.41, 5.74) is 1.51. The Labute approximate surface area is 205 Å². The number of quaternary nitrogens is 1. The van der Waals surface area contributed by atoms with E-state index in [1.165, 1.54) is 6.92 Å². The second-order valence-corrected chi connectivity index (χ2v) is 11.6. The Hall–Kier alpha value is -3.00. The first-order valence-corrected chi connectivity index (χ1v) is 13.4. The van der Waals surface area contributed by atoms with Gasteiger partial charge >= 0.3 is 18.1 Å². The quantitative estimate of drug-likeness (QED) is 0.367. The summed E-state index contributed by atoms with van der Waals surface area (Å²) in [5.74, 6) is -1.77. The molecule has 0 bridgehead atoms. The van der Waals surface area contributed by atoms with Crippen molar-refractivity contribution in [3.05, 3.63) is 71.8 Å². The predicted octanol–water partition coefficient (Wildman–Crippen LogP) is 4.96. The number of hydrogen-bond donors (Lipinski definition) is 2. The van der Waals surface area contributed by atoms with Gasteiger partial charge in [0.1, 0.15) is 24.6 Å². The summed E-state index contributed by atoms with van der Waals surface area (Å²) in [7, 11) is -3.88. The summed E-state index contributed by atoms with van der Waals surface area (Å²) >= 11 is 0. The molecule has 4 atom stereocenters. The average Bonchev–Trinajstić information content (AvgIpc) is 3.25. The molecule has 0 radical (unpaired) electrons. The molecule has 1 aliphatic heterocycles. The number of nitrogens with zero attached hydrogens (tertiary/aromatic N) is 1. The van der Waals surface area contributed by atoms with Crippen LogP contribution in [0.25, 0.3) is 0 Å². The lowest BCUT2D eigenvalue weighted by Gasteiger charge is -2.32. The fourth-order valence-electron chi connectivity index (χ4n) is 4.24. The summed E-state index contributed by atoms with van der Waals surface area (Å²) < 4.78 is 24.3. The van der Waals surface area contributed by atoms with E-state index in [1.807, 2.05) is 24.3 Å². The molecule has 0 aliphatic carbocycles. The molecule has 3 amide bonds. The van der Waals surface area contributed by atoms with Crippen molar-refractivity contribution in [2.24, 2.45) is 0 Å². The third-order valence-electron chi connectivity index (χ3n) is 6.45. The van der Waals surface area contributed by atoms with Crippen molar-refractivity contribution in [2.45, 2.75) is 51.7 Å². The molecule has 9 nitrogen and oxygen atoms in total. The van der Waals surface area contributed by atoms with Crippen LogP contribution in [0.3, 0.4) is 0 Å². The maximum absolute atomic E-state index is 14.0. The van der Waals surface area contributed by atoms with E-state index >= 15 is 0 Å². The van der Waals surface area contributed by atoms with E-state index in [0.717, 1.165) is 11.1 Å². The highest BCUT2D eigenvalue weighted by Gasteiger charge is 2.55. The normalized spacial score (nSPS) is 22.1. The monoisotopic (exact) mass is 503 g/mol. The average molecular weight is 504 g/mol. The number of hydrogen-bond acceptors (Lipinski definition) is 6. The molecule has 10 heteroatoms. The predicted molar refractivity (Wildman–Crippen MR) is 130 cm³/mol. The molecule has 188 valence electrons. The van der Waals surface area contributed by atoms with Gasteiger partial charge in [-0.25, -0.2) is 9.59 Å². The Morgan fingerprint density at radius 1 is 1.06 bits per heavy atom. The van der Waals surface area contributed by atoms with Crippen LogP contribution < -0.4 is 5.32 Å². The molecule has 35 heavy (non-hydrogen) atoms. The third kappa shape index (κ3) is 6.36. The van der Waals surface area contributed by atoms with Crippen molar-refractivity contribution >= 4 is 25.5 Å². The van der Waals surface area contributed by atoms with Gasteiger partial charge in [0.15, 0.2) is 0 Å². The zero-order chi connectivity index (χ0) is 25.5. The highest BCUT2D eigenvalue weighted by atomic mass is 31.2. The third-order valence-corrected chi connectivity index (χ3v) is 9.04. The topological polar surface area (TPSA) is 119 Å². The second kappa shape index (κ2) is 11.6. The lowest BCUT2D eigenvalue weighted by Crippen LogP contribution is -2.59. The number of likely N-dealkylation sites (tertiary alicyclic amines) is 1. The lowest BCUT2D eigenvalue weighted by atomic mass is 10.2. The van der Waals surface area contributed by atoms with Gasteiger partial charge in [0.05, 0.1) is 13.2 Å². The first-order valence-electron chi connectivity index (χ1n) is 11.6. The molecule has 2 aromatic rings. The van der Waals surface area contributed by atoms with Crippen molar-refractivity contribution in [1.82, 2.24) is 5.32 Å². The SMILES string of the molecule is CC(NC(=O)OCc1ccccc1)P(=O)(CC(=O)[N+]1(C(=O)O)CCC[C@H]1C)OCc1ccccc1. The first kappa shape index (κ1) is 26.6. The standard InChI is InChI=1S/C25H31N2O7P/c1-19-10-9-15-27(19,25(30)31)23(28)18-35(32,34-17-22-13-7-4-8-14-22)20(2)26-24(29)33-16-21-11-5-3-6-12-21/h3-8,11-14,19-20H,9-10,15-18H2,1-2H3,(H-,26,29,30,31)/p+1/t19-,20?,27?,35?/m1/s1. The van der Waals surface area contributed by atoms with Crippen LogP contribution in [0.2, 0.25) is 0 Å². The largest absolute Gasteiger partial charge is 0.521 e. The van der Waals surface area contributed by atoms with Gasteiger partial charge in [0.25, 0.3) is 0 Å². The minimum Gasteiger partial charge on any atom is -0.445 e. The minimum atomic E-state index is -3.88. The molecule has 0 aromatic heterocycles. The van der Waals surface area contributed by atoms with Crippen molar-refractivity contribution in [3.63, 3.8) is 0 Å². The zero-order valence-electron chi connectivity index (χ0n) is 20.0. The summed E-state index contributed by atoms with van der Waals surface area (Å²) in [6.07, 6.45) is -1.54. The van der Waals surface area contributed by atoms with E-state index in [4.69, 9.17) is 9.26 Å². The molecule has 3 rings (SSSR count). The summed E-state index contributed by atoms with van der Waals surface area (Å²) in [4.78, 5) is 37.9. The van der Waals surface area contributed by atoms with Gasteiger partial charge < -0.3 is 19.7 Å². The van der Waals surface area contributed by atoms with E-state index in [9.17, 15) is 24.1 Å². The van der Waals surface area contributed by atoms with E-state index in [2.05, 4.69) is 5.32 Å². The van der Waals surface area contributed by atoms with E-state index < -0.39 is 47.9 Å². The molecule has 1 heterocycles. The van der Waals surface area contributed by atoms with Crippen LogP contribution in [0.1, 0.15) is 37.8 Å². The number of nitrogens with one attached hydrogen (secondary N) is 1. The number of amides is 3. The fraction of sp³-hybridized carbons (Fsp3) is 0.400. The van der Waals surface area contributed by atoms with Crippen LogP contribution >= 0.6 is 7.37 Å². The number of carbonyl (C=O) groups is 3. The molecule has 2 aromatic carbocycles. The van der Waals surface area contributed by atoms with Gasteiger partial charge in [-0.05, 0) is 25.0 Å². The Bertz CT molecular complexity index is 1080. The number of ether oxygens (including phenoxy) is 1. The van der Waals surface area contributed by atoms with Crippen molar-refractivity contribution in [3.8, 4) is 0 Å². The number of carboxylic acid groups (broad SMARTS) is 1. The molecule has 2 N–H and O–H groups in total. The molecule has 0 spiro atoms. The molecule has 3 unspecified atom stereocenters. The highest BCUT2D eigenvalue weighted by molar-refractivity contribution is 7.60. The smallest absolute Gasteiger partial charge is 0.445 e. The molecule has 1 aliphatic rings. The van der Waals surface area contributed by atoms with Crippen LogP contribution in [0.4, 0.5) is 9.59 Å². The Kier molecular flexibility index (Phi) is 8.83. The van der Waals surface area contributed by atoms with Crippen LogP contribution in [0.15, 0.2) is 60.7 Å². The van der Waals surface area contributed by atoms with Crippen LogP contribution in [-0.2, 0) is 31.8 Å². The summed E-state index contributed by atoms with van der Waals surface area (Å²) in [6.45, 7) is 3.27. The van der Waals surface area contributed by atoms with Crippen molar-refractivity contribution in [2.75, 3.05) is 12.7 Å². The number of alkyl carbamates (subject to hydrolysis) is 1. The number of rotatable bonds is 9. The molecule has 1 saturated heterocycles. The molecule has 0 saturated carbocycles. The van der Waals surface area contributed by atoms with Gasteiger partial charge in [0.2, 0.25) is 7.37 Å². The Balaban J connectivity index is 1.76. The van der Waals surface area contributed by atoms with E-state index in [1.54, 1.807) is 43.3 Å². The van der Waals surface area contributed by atoms with Gasteiger partial charge in [0, 0.05) is 12.8 Å². The Morgan fingerprint density at radius 3 is 2.14 bits per heavy atom. The first-order chi connectivity index (χ1) is 16.7. The van der Waals surface area contributed by atoms with Crippen molar-refractivity contribution in [1.29, 1.82) is 0 Å². The van der Waals surface area contributed by atoms with Gasteiger partial charge in [-0.3, -0.25) is 4.57 Å². The maximum atomic E-state index is 14.0. The van der Waals surface area contributed by atoms with E-state index in [-0.39, 0.29) is 19.8 Å². The van der Waals surface area contributed by atoms with Gasteiger partial charge in [-0.2, -0.15) is 9.28 Å². The van der Waals surface area contributed by atoms with E-state index in [0.29, 0.717) is 12.8 Å². The van der Waals surface area contributed by atoms with Gasteiger partial charge in [-0.1, -0.05) is 60.7 Å².